The van der Waals surface area contributed by atoms with Crippen molar-refractivity contribution in [2.45, 2.75) is 6.92 Å². The molecule has 3 aromatic rings. The summed E-state index contributed by atoms with van der Waals surface area (Å²) in [7, 11) is 0. The van der Waals surface area contributed by atoms with Crippen LogP contribution in [0.4, 0.5) is 0 Å². The summed E-state index contributed by atoms with van der Waals surface area (Å²) in [6.45, 7) is 2.00. The third kappa shape index (κ3) is 3.55. The number of rotatable bonds is 3. The van der Waals surface area contributed by atoms with Gasteiger partial charge in [-0.25, -0.2) is 5.43 Å². The van der Waals surface area contributed by atoms with Gasteiger partial charge in [-0.05, 0) is 24.6 Å². The van der Waals surface area contributed by atoms with Gasteiger partial charge in [0.1, 0.15) is 4.88 Å². The van der Waals surface area contributed by atoms with E-state index in [1.807, 2.05) is 37.3 Å². The summed E-state index contributed by atoms with van der Waals surface area (Å²) >= 11 is 13.5. The van der Waals surface area contributed by atoms with Gasteiger partial charge in [0.2, 0.25) is 0 Å². The lowest BCUT2D eigenvalue weighted by Crippen LogP contribution is -2.16. The second kappa shape index (κ2) is 6.71. The highest BCUT2D eigenvalue weighted by Gasteiger charge is 2.16. The van der Waals surface area contributed by atoms with Crippen LogP contribution in [0.3, 0.4) is 0 Å². The maximum absolute atomic E-state index is 12.2. The molecule has 23 heavy (non-hydrogen) atoms. The van der Waals surface area contributed by atoms with Crippen LogP contribution < -0.4 is 5.43 Å². The number of hydrogen-bond donors (Lipinski definition) is 1. The molecule has 1 aromatic heterocycles. The van der Waals surface area contributed by atoms with Crippen molar-refractivity contribution in [3.8, 4) is 0 Å². The second-order valence-corrected chi connectivity index (χ2v) is 6.87. The maximum atomic E-state index is 12.2. The smallest absolute Gasteiger partial charge is 0.266 e. The molecule has 0 aliphatic heterocycles. The number of hydrazone groups is 1. The van der Waals surface area contributed by atoms with Crippen molar-refractivity contribution in [1.82, 2.24) is 5.43 Å². The summed E-state index contributed by atoms with van der Waals surface area (Å²) in [4.78, 5) is 12.7. The number of halogens is 2. The molecule has 0 bridgehead atoms. The van der Waals surface area contributed by atoms with E-state index in [9.17, 15) is 4.79 Å². The van der Waals surface area contributed by atoms with Gasteiger partial charge in [0.15, 0.2) is 0 Å². The molecular formula is C17H12Cl2N2OS. The number of fused-ring (bicyclic) bond motifs is 1. The molecule has 1 heterocycles. The fraction of sp³-hybridized carbons (Fsp3) is 0.0588. The highest BCUT2D eigenvalue weighted by atomic mass is 35.5. The van der Waals surface area contributed by atoms with Gasteiger partial charge in [0.05, 0.1) is 11.2 Å². The molecule has 0 unspecified atom stereocenters. The zero-order chi connectivity index (χ0) is 16.4. The molecule has 0 spiro atoms. The van der Waals surface area contributed by atoms with Gasteiger partial charge in [-0.15, -0.1) is 11.3 Å². The lowest BCUT2D eigenvalue weighted by atomic mass is 10.2. The number of benzene rings is 2. The van der Waals surface area contributed by atoms with E-state index in [1.165, 1.54) is 11.3 Å². The zero-order valence-corrected chi connectivity index (χ0v) is 14.5. The summed E-state index contributed by atoms with van der Waals surface area (Å²) in [6.07, 6.45) is 1.60. The van der Waals surface area contributed by atoms with Crippen molar-refractivity contribution in [1.29, 1.82) is 0 Å². The molecule has 1 amide bonds. The van der Waals surface area contributed by atoms with E-state index < -0.39 is 0 Å². The van der Waals surface area contributed by atoms with Crippen LogP contribution in [0, 0.1) is 6.92 Å². The normalized spacial score (nSPS) is 11.3. The Morgan fingerprint density at radius 2 is 2.04 bits per heavy atom. The van der Waals surface area contributed by atoms with Crippen LogP contribution in [0.2, 0.25) is 10.0 Å². The summed E-state index contributed by atoms with van der Waals surface area (Å²) in [6, 6.07) is 13.2. The number of nitrogens with one attached hydrogen (secondary N) is 1. The first-order valence-corrected chi connectivity index (χ1v) is 8.39. The van der Waals surface area contributed by atoms with E-state index >= 15 is 0 Å². The summed E-state index contributed by atoms with van der Waals surface area (Å²) in [5.74, 6) is -0.337. The Balaban J connectivity index is 1.79. The molecule has 2 aromatic carbocycles. The van der Waals surface area contributed by atoms with Gasteiger partial charge in [-0.1, -0.05) is 59.1 Å². The molecule has 0 saturated carbocycles. The SMILES string of the molecule is Cc1cccc(/C=N/NC(=O)c2sc3cc(Cl)ccc3c2Cl)c1. The van der Waals surface area contributed by atoms with Crippen molar-refractivity contribution >= 4 is 56.7 Å². The van der Waals surface area contributed by atoms with Gasteiger partial charge in [-0.3, -0.25) is 4.79 Å². The van der Waals surface area contributed by atoms with Crippen LogP contribution in [0.25, 0.3) is 10.1 Å². The lowest BCUT2D eigenvalue weighted by molar-refractivity contribution is 0.0959. The van der Waals surface area contributed by atoms with E-state index in [-0.39, 0.29) is 5.91 Å². The minimum absolute atomic E-state index is 0.337. The highest BCUT2D eigenvalue weighted by molar-refractivity contribution is 7.21. The van der Waals surface area contributed by atoms with Crippen molar-refractivity contribution < 1.29 is 4.79 Å². The van der Waals surface area contributed by atoms with Gasteiger partial charge in [-0.2, -0.15) is 5.10 Å². The summed E-state index contributed by atoms with van der Waals surface area (Å²) < 4.78 is 0.871. The molecule has 0 fully saturated rings. The topological polar surface area (TPSA) is 41.5 Å². The molecule has 1 N–H and O–H groups in total. The molecule has 3 rings (SSSR count). The van der Waals surface area contributed by atoms with Crippen LogP contribution in [0.15, 0.2) is 47.6 Å². The number of aryl methyl sites for hydroxylation is 1. The standard InChI is InChI=1S/C17H12Cl2N2OS/c1-10-3-2-4-11(7-10)9-20-21-17(22)16-15(19)13-6-5-12(18)8-14(13)23-16/h2-9H,1H3,(H,21,22)/b20-9+. The Hall–Kier alpha value is -1.88. The minimum atomic E-state index is -0.337. The molecular weight excluding hydrogens is 351 g/mol. The molecule has 0 aliphatic rings. The average Bonchev–Trinajstić information content (AvgIpc) is 2.83. The van der Waals surface area contributed by atoms with Gasteiger partial charge >= 0.3 is 0 Å². The van der Waals surface area contributed by atoms with E-state index in [0.717, 1.165) is 21.2 Å². The molecule has 0 saturated heterocycles. The molecule has 116 valence electrons. The zero-order valence-electron chi connectivity index (χ0n) is 12.1. The van der Waals surface area contributed by atoms with Crippen LogP contribution in [0.1, 0.15) is 20.8 Å². The van der Waals surface area contributed by atoms with Crippen LogP contribution in [0.5, 0.6) is 0 Å². The molecule has 0 radical (unpaired) electrons. The lowest BCUT2D eigenvalue weighted by Gasteiger charge is -1.98. The predicted molar refractivity (Wildman–Crippen MR) is 98.1 cm³/mol. The number of hydrogen-bond acceptors (Lipinski definition) is 3. The van der Waals surface area contributed by atoms with Crippen molar-refractivity contribution in [3.05, 3.63) is 68.5 Å². The Morgan fingerprint density at radius 1 is 1.22 bits per heavy atom. The first-order valence-electron chi connectivity index (χ1n) is 6.82. The third-order valence-electron chi connectivity index (χ3n) is 3.22. The van der Waals surface area contributed by atoms with E-state index in [4.69, 9.17) is 23.2 Å². The molecule has 0 atom stereocenters. The monoisotopic (exact) mass is 362 g/mol. The first kappa shape index (κ1) is 16.0. The Kier molecular flexibility index (Phi) is 4.66. The van der Waals surface area contributed by atoms with Crippen LogP contribution in [-0.4, -0.2) is 12.1 Å². The minimum Gasteiger partial charge on any atom is -0.266 e. The largest absolute Gasteiger partial charge is 0.283 e. The molecule has 3 nitrogen and oxygen atoms in total. The fourth-order valence-electron chi connectivity index (χ4n) is 2.15. The van der Waals surface area contributed by atoms with Gasteiger partial charge in [0, 0.05) is 15.1 Å². The third-order valence-corrected chi connectivity index (χ3v) is 5.11. The van der Waals surface area contributed by atoms with Gasteiger partial charge < -0.3 is 0 Å². The van der Waals surface area contributed by atoms with E-state index in [0.29, 0.717) is 14.9 Å². The van der Waals surface area contributed by atoms with Crippen molar-refractivity contribution in [2.24, 2.45) is 5.10 Å². The summed E-state index contributed by atoms with van der Waals surface area (Å²) in [5, 5.41) is 5.83. The number of carbonyl (C=O) groups excluding carboxylic acids is 1. The van der Waals surface area contributed by atoms with E-state index in [2.05, 4.69) is 10.5 Å². The van der Waals surface area contributed by atoms with E-state index in [1.54, 1.807) is 18.3 Å². The quantitative estimate of drug-likeness (QED) is 0.499. The fourth-order valence-corrected chi connectivity index (χ4v) is 3.83. The summed E-state index contributed by atoms with van der Waals surface area (Å²) in [5.41, 5.74) is 4.55. The number of carbonyl (C=O) groups is 1. The second-order valence-electron chi connectivity index (χ2n) is 5.00. The van der Waals surface area contributed by atoms with Crippen molar-refractivity contribution in [2.75, 3.05) is 0 Å². The maximum Gasteiger partial charge on any atom is 0.283 e. The number of thiophene rings is 1. The van der Waals surface area contributed by atoms with Crippen molar-refractivity contribution in [3.63, 3.8) is 0 Å². The van der Waals surface area contributed by atoms with Crippen LogP contribution >= 0.6 is 34.5 Å². The first-order chi connectivity index (χ1) is 11.0. The molecule has 6 heteroatoms. The Morgan fingerprint density at radius 3 is 2.83 bits per heavy atom. The predicted octanol–water partition coefficient (Wildman–Crippen LogP) is 5.28. The van der Waals surface area contributed by atoms with Gasteiger partial charge in [0.25, 0.3) is 5.91 Å². The molecule has 0 aliphatic carbocycles. The number of amides is 1. The highest BCUT2D eigenvalue weighted by Crippen LogP contribution is 2.36. The number of nitrogens with zero attached hydrogens (tertiary/aromatic N) is 1. The Bertz CT molecular complexity index is 918. The van der Waals surface area contributed by atoms with Crippen LogP contribution in [-0.2, 0) is 0 Å². The average molecular weight is 363 g/mol. The Labute approximate surface area is 147 Å².